The lowest BCUT2D eigenvalue weighted by Gasteiger charge is -2.47. The fourth-order valence-corrected chi connectivity index (χ4v) is 3.56. The molecule has 116 valence electrons. The summed E-state index contributed by atoms with van der Waals surface area (Å²) in [6.45, 7) is 7.42. The molecule has 0 amide bonds. The van der Waals surface area contributed by atoms with Crippen molar-refractivity contribution in [1.29, 1.82) is 0 Å². The first-order valence-electron chi connectivity index (χ1n) is 7.77. The Morgan fingerprint density at radius 1 is 1.29 bits per heavy atom. The summed E-state index contributed by atoms with van der Waals surface area (Å²) in [5, 5.41) is 3.52. The molecule has 0 aliphatic heterocycles. The first-order chi connectivity index (χ1) is 9.89. The second kappa shape index (κ2) is 6.18. The number of rotatable bonds is 4. The summed E-state index contributed by atoms with van der Waals surface area (Å²) in [4.78, 5) is 12.4. The van der Waals surface area contributed by atoms with E-state index < -0.39 is 5.54 Å². The molecule has 0 spiro atoms. The zero-order chi connectivity index (χ0) is 15.5. The van der Waals surface area contributed by atoms with Crippen LogP contribution in [0.2, 0.25) is 0 Å². The van der Waals surface area contributed by atoms with Gasteiger partial charge < -0.3 is 4.74 Å². The molecule has 3 heteroatoms. The maximum Gasteiger partial charge on any atom is 0.326 e. The van der Waals surface area contributed by atoms with Crippen LogP contribution in [-0.2, 0) is 16.1 Å². The molecule has 1 aromatic rings. The highest BCUT2D eigenvalue weighted by Gasteiger charge is 2.49. The summed E-state index contributed by atoms with van der Waals surface area (Å²) in [5.74, 6) is 0.138. The SMILES string of the molecule is COC(=O)C1(NCc2ccccc2)CCC(C)(C)CC1C. The Kier molecular flexibility index (Phi) is 4.72. The zero-order valence-electron chi connectivity index (χ0n) is 13.6. The van der Waals surface area contributed by atoms with Crippen molar-refractivity contribution in [3.8, 4) is 0 Å². The van der Waals surface area contributed by atoms with Crippen LogP contribution in [0.25, 0.3) is 0 Å². The number of methoxy groups -OCH3 is 1. The Morgan fingerprint density at radius 2 is 1.95 bits per heavy atom. The molecule has 2 atom stereocenters. The van der Waals surface area contributed by atoms with E-state index in [2.05, 4.69) is 38.2 Å². The number of hydrogen-bond acceptors (Lipinski definition) is 3. The standard InChI is InChI=1S/C18H27NO2/c1-14-12-17(2,3)10-11-18(14,16(20)21-4)19-13-15-8-6-5-7-9-15/h5-9,14,19H,10-13H2,1-4H3. The third-order valence-corrected chi connectivity index (χ3v) is 4.90. The first kappa shape index (κ1) is 16.0. The van der Waals surface area contributed by atoms with Gasteiger partial charge >= 0.3 is 5.97 Å². The van der Waals surface area contributed by atoms with Crippen LogP contribution >= 0.6 is 0 Å². The molecule has 1 saturated carbocycles. The van der Waals surface area contributed by atoms with Gasteiger partial charge in [0.1, 0.15) is 5.54 Å². The quantitative estimate of drug-likeness (QED) is 0.862. The molecule has 1 fully saturated rings. The monoisotopic (exact) mass is 289 g/mol. The summed E-state index contributed by atoms with van der Waals surface area (Å²) in [6.07, 6.45) is 2.90. The molecule has 1 aromatic carbocycles. The van der Waals surface area contributed by atoms with Crippen LogP contribution in [0.15, 0.2) is 30.3 Å². The van der Waals surface area contributed by atoms with Crippen LogP contribution in [0, 0.1) is 11.3 Å². The van der Waals surface area contributed by atoms with Crippen molar-refractivity contribution >= 4 is 5.97 Å². The second-order valence-electron chi connectivity index (χ2n) is 7.07. The lowest BCUT2D eigenvalue weighted by atomic mass is 9.63. The van der Waals surface area contributed by atoms with Gasteiger partial charge in [0.25, 0.3) is 0 Å². The minimum Gasteiger partial charge on any atom is -0.468 e. The van der Waals surface area contributed by atoms with E-state index in [1.165, 1.54) is 12.7 Å². The number of hydrogen-bond donors (Lipinski definition) is 1. The summed E-state index contributed by atoms with van der Waals surface area (Å²) in [7, 11) is 1.49. The number of carbonyl (C=O) groups is 1. The molecule has 1 N–H and O–H groups in total. The van der Waals surface area contributed by atoms with Crippen LogP contribution < -0.4 is 5.32 Å². The summed E-state index contributed by atoms with van der Waals surface area (Å²) >= 11 is 0. The molecule has 1 aliphatic carbocycles. The third kappa shape index (κ3) is 3.46. The van der Waals surface area contributed by atoms with E-state index in [-0.39, 0.29) is 11.9 Å². The van der Waals surface area contributed by atoms with Gasteiger partial charge in [-0.3, -0.25) is 10.1 Å². The van der Waals surface area contributed by atoms with Crippen molar-refractivity contribution in [2.75, 3.05) is 7.11 Å². The van der Waals surface area contributed by atoms with E-state index in [4.69, 9.17) is 4.74 Å². The lowest BCUT2D eigenvalue weighted by molar-refractivity contribution is -0.154. The Morgan fingerprint density at radius 3 is 2.52 bits per heavy atom. The molecule has 0 heterocycles. The van der Waals surface area contributed by atoms with Gasteiger partial charge in [-0.05, 0) is 36.2 Å². The van der Waals surface area contributed by atoms with Crippen molar-refractivity contribution < 1.29 is 9.53 Å². The highest BCUT2D eigenvalue weighted by atomic mass is 16.5. The van der Waals surface area contributed by atoms with E-state index in [0.29, 0.717) is 12.0 Å². The summed E-state index contributed by atoms with van der Waals surface area (Å²) in [5.41, 5.74) is 0.934. The number of carbonyl (C=O) groups excluding carboxylic acids is 1. The average Bonchev–Trinajstić information content (AvgIpc) is 2.46. The number of nitrogens with one attached hydrogen (secondary N) is 1. The van der Waals surface area contributed by atoms with Crippen molar-refractivity contribution in [2.24, 2.45) is 11.3 Å². The van der Waals surface area contributed by atoms with Crippen LogP contribution in [0.5, 0.6) is 0 Å². The predicted octanol–water partition coefficient (Wildman–Crippen LogP) is 3.53. The van der Waals surface area contributed by atoms with Crippen molar-refractivity contribution in [1.82, 2.24) is 5.32 Å². The van der Waals surface area contributed by atoms with Gasteiger partial charge in [0.2, 0.25) is 0 Å². The Hall–Kier alpha value is -1.35. The van der Waals surface area contributed by atoms with Crippen LogP contribution in [-0.4, -0.2) is 18.6 Å². The fraction of sp³-hybridized carbons (Fsp3) is 0.611. The van der Waals surface area contributed by atoms with Gasteiger partial charge in [-0.1, -0.05) is 51.1 Å². The molecule has 1 aliphatic rings. The highest BCUT2D eigenvalue weighted by Crippen LogP contribution is 2.44. The molecule has 0 bridgehead atoms. The van der Waals surface area contributed by atoms with Crippen LogP contribution in [0.1, 0.15) is 45.6 Å². The van der Waals surface area contributed by atoms with Gasteiger partial charge in [-0.15, -0.1) is 0 Å². The van der Waals surface area contributed by atoms with Crippen LogP contribution in [0.3, 0.4) is 0 Å². The number of ether oxygens (including phenoxy) is 1. The molecule has 0 aromatic heterocycles. The van der Waals surface area contributed by atoms with Crippen molar-refractivity contribution in [3.05, 3.63) is 35.9 Å². The van der Waals surface area contributed by atoms with Crippen molar-refractivity contribution in [3.63, 3.8) is 0 Å². The van der Waals surface area contributed by atoms with E-state index >= 15 is 0 Å². The third-order valence-electron chi connectivity index (χ3n) is 4.90. The molecule has 2 unspecified atom stereocenters. The fourth-order valence-electron chi connectivity index (χ4n) is 3.56. The normalized spacial score (nSPS) is 28.1. The number of benzene rings is 1. The van der Waals surface area contributed by atoms with E-state index in [0.717, 1.165) is 19.3 Å². The second-order valence-corrected chi connectivity index (χ2v) is 7.07. The van der Waals surface area contributed by atoms with E-state index in [1.54, 1.807) is 0 Å². The maximum absolute atomic E-state index is 12.4. The van der Waals surface area contributed by atoms with Gasteiger partial charge in [0.05, 0.1) is 7.11 Å². The average molecular weight is 289 g/mol. The molecule has 0 radical (unpaired) electrons. The van der Waals surface area contributed by atoms with E-state index in [9.17, 15) is 4.79 Å². The minimum atomic E-state index is -0.555. The maximum atomic E-state index is 12.4. The summed E-state index contributed by atoms with van der Waals surface area (Å²) in [6, 6.07) is 10.2. The molecule has 21 heavy (non-hydrogen) atoms. The van der Waals surface area contributed by atoms with Crippen LogP contribution in [0.4, 0.5) is 0 Å². The molecule has 0 saturated heterocycles. The largest absolute Gasteiger partial charge is 0.468 e. The lowest BCUT2D eigenvalue weighted by Crippen LogP contribution is -2.60. The molecule has 2 rings (SSSR count). The Balaban J connectivity index is 2.16. The highest BCUT2D eigenvalue weighted by molar-refractivity contribution is 5.81. The van der Waals surface area contributed by atoms with Gasteiger partial charge in [-0.2, -0.15) is 0 Å². The molecule has 3 nitrogen and oxygen atoms in total. The van der Waals surface area contributed by atoms with Gasteiger partial charge in [0.15, 0.2) is 0 Å². The van der Waals surface area contributed by atoms with Gasteiger partial charge in [0, 0.05) is 6.54 Å². The Bertz CT molecular complexity index is 483. The smallest absolute Gasteiger partial charge is 0.326 e. The topological polar surface area (TPSA) is 38.3 Å². The minimum absolute atomic E-state index is 0.124. The zero-order valence-corrected chi connectivity index (χ0v) is 13.6. The van der Waals surface area contributed by atoms with Gasteiger partial charge in [-0.25, -0.2) is 0 Å². The predicted molar refractivity (Wildman–Crippen MR) is 84.8 cm³/mol. The molecular formula is C18H27NO2. The first-order valence-corrected chi connectivity index (χ1v) is 7.77. The van der Waals surface area contributed by atoms with E-state index in [1.807, 2.05) is 18.2 Å². The summed E-state index contributed by atoms with van der Waals surface area (Å²) < 4.78 is 5.12. The number of esters is 1. The van der Waals surface area contributed by atoms with Crippen molar-refractivity contribution in [2.45, 2.75) is 52.1 Å². The molecular weight excluding hydrogens is 262 g/mol. The Labute approximate surface area is 128 Å².